The molecular formula is C14H19BrO3. The van der Waals surface area contributed by atoms with Crippen molar-refractivity contribution >= 4 is 21.9 Å². The maximum atomic E-state index is 10.8. The molecule has 1 unspecified atom stereocenters. The maximum absolute atomic E-state index is 10.8. The SMILES string of the molecule is CC(C)CC(C)COc1ccc(C(=O)O)cc1Br. The predicted octanol–water partition coefficient (Wildman–Crippen LogP) is 4.21. The van der Waals surface area contributed by atoms with Gasteiger partial charge >= 0.3 is 5.97 Å². The summed E-state index contributed by atoms with van der Waals surface area (Å²) in [5.74, 6) is 0.892. The number of hydrogen-bond acceptors (Lipinski definition) is 2. The minimum absolute atomic E-state index is 0.254. The van der Waals surface area contributed by atoms with Crippen molar-refractivity contribution in [2.24, 2.45) is 11.8 Å². The van der Waals surface area contributed by atoms with Crippen molar-refractivity contribution < 1.29 is 14.6 Å². The lowest BCUT2D eigenvalue weighted by atomic mass is 10.00. The van der Waals surface area contributed by atoms with E-state index < -0.39 is 5.97 Å². The van der Waals surface area contributed by atoms with Crippen LogP contribution in [-0.2, 0) is 0 Å². The van der Waals surface area contributed by atoms with Gasteiger partial charge in [0, 0.05) is 0 Å². The van der Waals surface area contributed by atoms with Gasteiger partial charge in [-0.25, -0.2) is 4.79 Å². The molecule has 0 bridgehead atoms. The van der Waals surface area contributed by atoms with Gasteiger partial charge in [0.2, 0.25) is 0 Å². The molecule has 0 saturated carbocycles. The lowest BCUT2D eigenvalue weighted by molar-refractivity contribution is 0.0696. The number of hydrogen-bond donors (Lipinski definition) is 1. The molecule has 0 aromatic heterocycles. The van der Waals surface area contributed by atoms with Crippen LogP contribution in [0.5, 0.6) is 5.75 Å². The number of benzene rings is 1. The highest BCUT2D eigenvalue weighted by Gasteiger charge is 2.10. The second-order valence-corrected chi connectivity index (χ2v) is 5.85. The molecule has 1 aromatic rings. The molecule has 18 heavy (non-hydrogen) atoms. The Balaban J connectivity index is 2.60. The highest BCUT2D eigenvalue weighted by atomic mass is 79.9. The zero-order valence-electron chi connectivity index (χ0n) is 10.9. The average Bonchev–Trinajstić information content (AvgIpc) is 2.26. The van der Waals surface area contributed by atoms with Crippen molar-refractivity contribution in [3.63, 3.8) is 0 Å². The van der Waals surface area contributed by atoms with E-state index in [2.05, 4.69) is 36.7 Å². The summed E-state index contributed by atoms with van der Waals surface area (Å²) < 4.78 is 6.37. The largest absolute Gasteiger partial charge is 0.492 e. The summed E-state index contributed by atoms with van der Waals surface area (Å²) in [5, 5.41) is 8.86. The third-order valence-electron chi connectivity index (χ3n) is 2.58. The van der Waals surface area contributed by atoms with Crippen molar-refractivity contribution in [2.75, 3.05) is 6.61 Å². The van der Waals surface area contributed by atoms with Crippen LogP contribution < -0.4 is 4.74 Å². The number of ether oxygens (including phenoxy) is 1. The molecule has 1 rings (SSSR count). The Morgan fingerprint density at radius 3 is 2.56 bits per heavy atom. The first-order valence-corrected chi connectivity index (χ1v) is 6.85. The minimum Gasteiger partial charge on any atom is -0.492 e. The van der Waals surface area contributed by atoms with Crippen LogP contribution >= 0.6 is 15.9 Å². The van der Waals surface area contributed by atoms with E-state index in [1.54, 1.807) is 18.2 Å². The zero-order valence-corrected chi connectivity index (χ0v) is 12.5. The Morgan fingerprint density at radius 1 is 1.39 bits per heavy atom. The Kier molecular flexibility index (Phi) is 5.66. The molecule has 0 aliphatic carbocycles. The Labute approximate surface area is 116 Å². The normalized spacial score (nSPS) is 12.5. The van der Waals surface area contributed by atoms with E-state index in [9.17, 15) is 4.79 Å². The molecule has 0 saturated heterocycles. The van der Waals surface area contributed by atoms with Crippen molar-refractivity contribution in [3.8, 4) is 5.75 Å². The summed E-state index contributed by atoms with van der Waals surface area (Å²) in [6.45, 7) is 7.17. The van der Waals surface area contributed by atoms with E-state index in [-0.39, 0.29) is 5.56 Å². The first-order valence-electron chi connectivity index (χ1n) is 6.05. The summed E-state index contributed by atoms with van der Waals surface area (Å²) in [6.07, 6.45) is 1.12. The summed E-state index contributed by atoms with van der Waals surface area (Å²) in [6, 6.07) is 4.80. The van der Waals surface area contributed by atoms with Gasteiger partial charge in [-0.3, -0.25) is 0 Å². The van der Waals surface area contributed by atoms with Gasteiger partial charge in [-0.05, 0) is 52.4 Å². The quantitative estimate of drug-likeness (QED) is 0.855. The number of carboxylic acids is 1. The van der Waals surface area contributed by atoms with Gasteiger partial charge in [-0.1, -0.05) is 20.8 Å². The minimum atomic E-state index is -0.935. The van der Waals surface area contributed by atoms with E-state index in [4.69, 9.17) is 9.84 Å². The summed E-state index contributed by atoms with van der Waals surface area (Å²) in [5.41, 5.74) is 0.254. The van der Waals surface area contributed by atoms with E-state index in [1.807, 2.05) is 0 Å². The van der Waals surface area contributed by atoms with E-state index >= 15 is 0 Å². The fourth-order valence-electron chi connectivity index (χ4n) is 1.86. The summed E-state index contributed by atoms with van der Waals surface area (Å²) >= 11 is 3.33. The third kappa shape index (κ3) is 4.69. The molecule has 100 valence electrons. The molecule has 0 spiro atoms. The molecule has 1 N–H and O–H groups in total. The van der Waals surface area contributed by atoms with Gasteiger partial charge in [-0.2, -0.15) is 0 Å². The molecule has 4 heteroatoms. The highest BCUT2D eigenvalue weighted by Crippen LogP contribution is 2.27. The molecule has 1 atom stereocenters. The van der Waals surface area contributed by atoms with Crippen molar-refractivity contribution in [1.82, 2.24) is 0 Å². The number of halogens is 1. The fourth-order valence-corrected chi connectivity index (χ4v) is 2.35. The zero-order chi connectivity index (χ0) is 13.7. The average molecular weight is 315 g/mol. The van der Waals surface area contributed by atoms with Gasteiger partial charge < -0.3 is 9.84 Å². The van der Waals surface area contributed by atoms with E-state index in [0.717, 1.165) is 6.42 Å². The molecule has 0 radical (unpaired) electrons. The van der Waals surface area contributed by atoms with Crippen molar-refractivity contribution in [2.45, 2.75) is 27.2 Å². The van der Waals surface area contributed by atoms with Gasteiger partial charge in [0.05, 0.1) is 16.6 Å². The third-order valence-corrected chi connectivity index (χ3v) is 3.20. The summed E-state index contributed by atoms with van der Waals surface area (Å²) in [4.78, 5) is 10.8. The van der Waals surface area contributed by atoms with Gasteiger partial charge in [0.15, 0.2) is 0 Å². The Bertz CT molecular complexity index is 416. The maximum Gasteiger partial charge on any atom is 0.335 e. The van der Waals surface area contributed by atoms with Crippen LogP contribution in [0.25, 0.3) is 0 Å². The Hall–Kier alpha value is -1.03. The van der Waals surface area contributed by atoms with Crippen LogP contribution in [0.3, 0.4) is 0 Å². The molecule has 0 fully saturated rings. The highest BCUT2D eigenvalue weighted by molar-refractivity contribution is 9.10. The number of carbonyl (C=O) groups is 1. The monoisotopic (exact) mass is 314 g/mol. The molecule has 0 amide bonds. The molecule has 3 nitrogen and oxygen atoms in total. The molecule has 0 heterocycles. The standard InChI is InChI=1S/C14H19BrO3/c1-9(2)6-10(3)8-18-13-5-4-11(14(16)17)7-12(13)15/h4-5,7,9-10H,6,8H2,1-3H3,(H,16,17). The van der Waals surface area contributed by atoms with Gasteiger partial charge in [0.1, 0.15) is 5.75 Å². The predicted molar refractivity (Wildman–Crippen MR) is 75.2 cm³/mol. The second-order valence-electron chi connectivity index (χ2n) is 5.00. The van der Waals surface area contributed by atoms with E-state index in [0.29, 0.717) is 28.7 Å². The van der Waals surface area contributed by atoms with Crippen LogP contribution in [0, 0.1) is 11.8 Å². The van der Waals surface area contributed by atoms with Crippen LogP contribution in [0.15, 0.2) is 22.7 Å². The van der Waals surface area contributed by atoms with Crippen molar-refractivity contribution in [3.05, 3.63) is 28.2 Å². The summed E-state index contributed by atoms with van der Waals surface area (Å²) in [7, 11) is 0. The molecular weight excluding hydrogens is 296 g/mol. The molecule has 0 aliphatic rings. The van der Waals surface area contributed by atoms with Crippen LogP contribution in [0.2, 0.25) is 0 Å². The molecule has 1 aromatic carbocycles. The second kappa shape index (κ2) is 6.78. The first kappa shape index (κ1) is 15.0. The lowest BCUT2D eigenvalue weighted by Crippen LogP contribution is -2.11. The number of rotatable bonds is 6. The van der Waals surface area contributed by atoms with Crippen LogP contribution in [0.1, 0.15) is 37.6 Å². The van der Waals surface area contributed by atoms with E-state index in [1.165, 1.54) is 0 Å². The van der Waals surface area contributed by atoms with Crippen LogP contribution in [-0.4, -0.2) is 17.7 Å². The lowest BCUT2D eigenvalue weighted by Gasteiger charge is -2.15. The number of carboxylic acid groups (broad SMARTS) is 1. The first-order chi connectivity index (χ1) is 8.40. The van der Waals surface area contributed by atoms with Crippen LogP contribution in [0.4, 0.5) is 0 Å². The topological polar surface area (TPSA) is 46.5 Å². The Morgan fingerprint density at radius 2 is 2.06 bits per heavy atom. The smallest absolute Gasteiger partial charge is 0.335 e. The fraction of sp³-hybridized carbons (Fsp3) is 0.500. The number of aromatic carboxylic acids is 1. The van der Waals surface area contributed by atoms with Crippen molar-refractivity contribution in [1.29, 1.82) is 0 Å². The van der Waals surface area contributed by atoms with Gasteiger partial charge in [-0.15, -0.1) is 0 Å². The van der Waals surface area contributed by atoms with Gasteiger partial charge in [0.25, 0.3) is 0 Å². The molecule has 0 aliphatic heterocycles.